The molecular weight excluding hydrogens is 580 g/mol. The molecule has 14 nitrogen and oxygen atoms in total. The average molecular weight is 621 g/mol. The average Bonchev–Trinajstić information content (AvgIpc) is 3.34. The molecule has 1 aliphatic heterocycles. The van der Waals surface area contributed by atoms with Crippen LogP contribution >= 0.6 is 0 Å². The maximum atomic E-state index is 13.8. The maximum Gasteiger partial charge on any atom is 0.410 e. The van der Waals surface area contributed by atoms with Gasteiger partial charge in [0.05, 0.1) is 48.8 Å². The van der Waals surface area contributed by atoms with Crippen molar-refractivity contribution in [2.45, 2.75) is 59.2 Å². The van der Waals surface area contributed by atoms with Crippen molar-refractivity contribution < 1.29 is 28.5 Å². The number of hydrogen-bond acceptors (Lipinski definition) is 11. The molecule has 2 amide bonds. The number of methoxy groups -OCH3 is 2. The Morgan fingerprint density at radius 2 is 1.76 bits per heavy atom. The Labute approximate surface area is 261 Å². The third kappa shape index (κ3) is 6.85. The van der Waals surface area contributed by atoms with Gasteiger partial charge in [0.1, 0.15) is 12.2 Å². The van der Waals surface area contributed by atoms with Crippen LogP contribution in [0.15, 0.2) is 30.7 Å². The van der Waals surface area contributed by atoms with Crippen molar-refractivity contribution in [1.82, 2.24) is 29.2 Å². The molecule has 4 aromatic rings. The molecule has 3 aromatic heterocycles. The third-order valence-electron chi connectivity index (χ3n) is 7.30. The first kappa shape index (κ1) is 31.7. The molecule has 0 saturated carbocycles. The Morgan fingerprint density at radius 3 is 2.42 bits per heavy atom. The van der Waals surface area contributed by atoms with Crippen LogP contribution in [0.5, 0.6) is 11.9 Å². The van der Waals surface area contributed by atoms with Crippen LogP contribution in [0.3, 0.4) is 0 Å². The van der Waals surface area contributed by atoms with E-state index in [1.54, 1.807) is 34.9 Å². The van der Waals surface area contributed by atoms with E-state index in [0.717, 1.165) is 11.4 Å². The summed E-state index contributed by atoms with van der Waals surface area (Å²) in [6, 6.07) is 3.46. The van der Waals surface area contributed by atoms with Crippen molar-refractivity contribution in [3.8, 4) is 11.9 Å². The zero-order chi connectivity index (χ0) is 32.5. The summed E-state index contributed by atoms with van der Waals surface area (Å²) in [6.45, 7) is 13.1. The number of nitrogens with one attached hydrogen (secondary N) is 1. The van der Waals surface area contributed by atoms with E-state index in [0.29, 0.717) is 41.8 Å². The Morgan fingerprint density at radius 1 is 1.02 bits per heavy atom. The number of amides is 2. The Hall–Kier alpha value is -4.72. The van der Waals surface area contributed by atoms with Gasteiger partial charge in [-0.05, 0) is 53.7 Å². The molecule has 14 heteroatoms. The Bertz CT molecular complexity index is 1710. The summed E-state index contributed by atoms with van der Waals surface area (Å²) >= 11 is 0. The standard InChI is InChI=1S/C31H40N8O6/c1-18-14-38-17-24(35-28(43-8)26(38)33-18)34-27(40)21-9-10-23(22-13-32-29(36-25(21)22)44-12-11-42-7)37-15-19(2)39(20(3)16-37)30(41)45-31(4,5)6/h9-10,13-14,17,19-20H,11-12,15-16H2,1-8H3,(H,34,40)/t19-,20+. The lowest BCUT2D eigenvalue weighted by Gasteiger charge is -2.45. The third-order valence-corrected chi connectivity index (χ3v) is 7.30. The number of carbonyl (C=O) groups excluding carboxylic acids is 2. The Kier molecular flexibility index (Phi) is 8.96. The largest absolute Gasteiger partial charge is 0.478 e. The van der Waals surface area contributed by atoms with Gasteiger partial charge in [-0.1, -0.05) is 0 Å². The first-order valence-electron chi connectivity index (χ1n) is 14.8. The highest BCUT2D eigenvalue weighted by Crippen LogP contribution is 2.33. The Balaban J connectivity index is 1.49. The van der Waals surface area contributed by atoms with E-state index >= 15 is 0 Å². The zero-order valence-electron chi connectivity index (χ0n) is 26.9. The monoisotopic (exact) mass is 620 g/mol. The van der Waals surface area contributed by atoms with E-state index in [2.05, 4.69) is 30.2 Å². The molecule has 0 aliphatic carbocycles. The number of rotatable bonds is 8. The summed E-state index contributed by atoms with van der Waals surface area (Å²) < 4.78 is 23.6. The molecule has 1 fully saturated rings. The van der Waals surface area contributed by atoms with Gasteiger partial charge >= 0.3 is 12.1 Å². The molecular formula is C31H40N8O6. The molecule has 0 spiro atoms. The molecule has 2 atom stereocenters. The first-order valence-corrected chi connectivity index (χ1v) is 14.8. The minimum atomic E-state index is -0.593. The van der Waals surface area contributed by atoms with Gasteiger partial charge in [-0.3, -0.25) is 14.1 Å². The van der Waals surface area contributed by atoms with Gasteiger partial charge in [0.2, 0.25) is 5.65 Å². The molecule has 240 valence electrons. The molecule has 0 radical (unpaired) electrons. The molecule has 1 aromatic carbocycles. The number of benzene rings is 1. The summed E-state index contributed by atoms with van der Waals surface area (Å²) in [7, 11) is 3.08. The smallest absolute Gasteiger partial charge is 0.410 e. The number of imidazole rings is 1. The van der Waals surface area contributed by atoms with Gasteiger partial charge in [0.15, 0.2) is 5.82 Å². The summed E-state index contributed by atoms with van der Waals surface area (Å²) in [6.07, 6.45) is 4.82. The number of nitrogens with zero attached hydrogens (tertiary/aromatic N) is 7. The number of piperazine rings is 1. The van der Waals surface area contributed by atoms with E-state index in [4.69, 9.17) is 18.9 Å². The lowest BCUT2D eigenvalue weighted by molar-refractivity contribution is 0.00566. The quantitative estimate of drug-likeness (QED) is 0.284. The topological polar surface area (TPSA) is 146 Å². The SMILES string of the molecule is COCCOc1ncc2c(N3C[C@@H](C)N(C(=O)OC(C)(C)C)[C@@H](C)C3)ccc(C(=O)Nc3cn4cc(C)nc4c(OC)n3)c2n1. The highest BCUT2D eigenvalue weighted by molar-refractivity contribution is 6.13. The normalized spacial score (nSPS) is 17.1. The van der Waals surface area contributed by atoms with Crippen LogP contribution in [-0.2, 0) is 9.47 Å². The second kappa shape index (κ2) is 12.7. The fourth-order valence-electron chi connectivity index (χ4n) is 5.50. The van der Waals surface area contributed by atoms with Crippen LogP contribution in [0.2, 0.25) is 0 Å². The van der Waals surface area contributed by atoms with Crippen LogP contribution in [0.4, 0.5) is 16.3 Å². The summed E-state index contributed by atoms with van der Waals surface area (Å²) in [5.41, 5.74) is 2.29. The summed E-state index contributed by atoms with van der Waals surface area (Å²) in [4.78, 5) is 48.7. The van der Waals surface area contributed by atoms with Crippen molar-refractivity contribution in [3.63, 3.8) is 0 Å². The lowest BCUT2D eigenvalue weighted by atomic mass is 10.0. The molecule has 1 N–H and O–H groups in total. The maximum absolute atomic E-state index is 13.8. The first-order chi connectivity index (χ1) is 21.4. The van der Waals surface area contributed by atoms with Gasteiger partial charge in [-0.25, -0.2) is 14.8 Å². The summed E-state index contributed by atoms with van der Waals surface area (Å²) in [5, 5.41) is 3.54. The number of fused-ring (bicyclic) bond motifs is 2. The predicted molar refractivity (Wildman–Crippen MR) is 168 cm³/mol. The van der Waals surface area contributed by atoms with Crippen molar-refractivity contribution in [1.29, 1.82) is 0 Å². The molecule has 4 heterocycles. The molecule has 1 aliphatic rings. The lowest BCUT2D eigenvalue weighted by Crippen LogP contribution is -2.59. The number of anilines is 2. The highest BCUT2D eigenvalue weighted by atomic mass is 16.6. The van der Waals surface area contributed by atoms with E-state index in [-0.39, 0.29) is 42.5 Å². The summed E-state index contributed by atoms with van der Waals surface area (Å²) in [5.74, 6) is 0.145. The highest BCUT2D eigenvalue weighted by Gasteiger charge is 2.36. The van der Waals surface area contributed by atoms with Crippen LogP contribution in [-0.4, -0.2) is 99.4 Å². The minimum absolute atomic E-state index is 0.123. The van der Waals surface area contributed by atoms with E-state index in [1.165, 1.54) is 7.11 Å². The zero-order valence-corrected chi connectivity index (χ0v) is 26.9. The second-order valence-corrected chi connectivity index (χ2v) is 12.1. The fraction of sp³-hybridized carbons (Fsp3) is 0.484. The van der Waals surface area contributed by atoms with E-state index in [1.807, 2.05) is 53.8 Å². The van der Waals surface area contributed by atoms with Crippen molar-refractivity contribution in [3.05, 3.63) is 42.0 Å². The van der Waals surface area contributed by atoms with Gasteiger partial charge in [-0.2, -0.15) is 9.97 Å². The second-order valence-electron chi connectivity index (χ2n) is 12.1. The molecule has 0 bridgehead atoms. The molecule has 1 saturated heterocycles. The number of carbonyl (C=O) groups is 2. The van der Waals surface area contributed by atoms with Gasteiger partial charge in [0.25, 0.3) is 11.8 Å². The van der Waals surface area contributed by atoms with Crippen LogP contribution in [0, 0.1) is 6.92 Å². The molecule has 45 heavy (non-hydrogen) atoms. The molecule has 0 unspecified atom stereocenters. The van der Waals surface area contributed by atoms with E-state index < -0.39 is 11.5 Å². The number of hydrogen-bond donors (Lipinski definition) is 1. The minimum Gasteiger partial charge on any atom is -0.478 e. The van der Waals surface area contributed by atoms with Crippen LogP contribution in [0.1, 0.15) is 50.7 Å². The van der Waals surface area contributed by atoms with Crippen LogP contribution in [0.25, 0.3) is 16.6 Å². The fourth-order valence-corrected chi connectivity index (χ4v) is 5.50. The number of aromatic nitrogens is 5. The molecule has 5 rings (SSSR count). The number of aryl methyl sites for hydroxylation is 1. The number of ether oxygens (including phenoxy) is 4. The van der Waals surface area contributed by atoms with Crippen molar-refractivity contribution in [2.24, 2.45) is 0 Å². The van der Waals surface area contributed by atoms with Gasteiger partial charge in [-0.15, -0.1) is 0 Å². The van der Waals surface area contributed by atoms with Crippen molar-refractivity contribution in [2.75, 3.05) is 50.7 Å². The van der Waals surface area contributed by atoms with Gasteiger partial charge < -0.3 is 29.2 Å². The van der Waals surface area contributed by atoms with Crippen molar-refractivity contribution >= 4 is 40.1 Å². The van der Waals surface area contributed by atoms with Gasteiger partial charge in [0, 0.05) is 43.7 Å². The van der Waals surface area contributed by atoms with Crippen LogP contribution < -0.4 is 19.7 Å². The predicted octanol–water partition coefficient (Wildman–Crippen LogP) is 4.10. The van der Waals surface area contributed by atoms with E-state index in [9.17, 15) is 9.59 Å².